The third-order valence-corrected chi connectivity index (χ3v) is 6.17. The summed E-state index contributed by atoms with van der Waals surface area (Å²) < 4.78 is 16.1. The van der Waals surface area contributed by atoms with E-state index in [1.54, 1.807) is 10.6 Å². The molecule has 0 N–H and O–H groups in total. The topological polar surface area (TPSA) is 49.6 Å². The van der Waals surface area contributed by atoms with Gasteiger partial charge in [0.1, 0.15) is 0 Å². The van der Waals surface area contributed by atoms with E-state index in [4.69, 9.17) is 4.98 Å². The second-order valence-corrected chi connectivity index (χ2v) is 8.40. The number of halogens is 1. The van der Waals surface area contributed by atoms with Gasteiger partial charge in [-0.3, -0.25) is 4.90 Å². The van der Waals surface area contributed by atoms with Crippen molar-refractivity contribution in [2.75, 3.05) is 25.0 Å². The number of aromatic nitrogens is 4. The summed E-state index contributed by atoms with van der Waals surface area (Å²) >= 11 is 0. The Kier molecular flexibility index (Phi) is 4.43. The first-order valence-corrected chi connectivity index (χ1v) is 10.3. The van der Waals surface area contributed by atoms with E-state index in [1.165, 1.54) is 11.8 Å². The molecule has 2 atom stereocenters. The van der Waals surface area contributed by atoms with Crippen molar-refractivity contribution in [3.63, 3.8) is 0 Å². The number of anilines is 1. The molecule has 0 aliphatic carbocycles. The second kappa shape index (κ2) is 7.02. The zero-order chi connectivity index (χ0) is 21.0. The molecule has 1 saturated heterocycles. The average Bonchev–Trinajstić information content (AvgIpc) is 3.11. The summed E-state index contributed by atoms with van der Waals surface area (Å²) in [5, 5.41) is 0.982. The molecule has 1 aliphatic rings. The number of hydrogen-bond acceptors (Lipinski definition) is 5. The fraction of sp³-hybridized carbons (Fsp3) is 0.348. The van der Waals surface area contributed by atoms with Crippen molar-refractivity contribution >= 4 is 22.2 Å². The van der Waals surface area contributed by atoms with Gasteiger partial charge in [0.25, 0.3) is 0 Å². The minimum Gasteiger partial charge on any atom is -0.368 e. The number of imidazole rings is 1. The van der Waals surface area contributed by atoms with Gasteiger partial charge in [0.15, 0.2) is 17.3 Å². The molecule has 7 heteroatoms. The van der Waals surface area contributed by atoms with Crippen molar-refractivity contribution < 1.29 is 4.39 Å². The van der Waals surface area contributed by atoms with Crippen molar-refractivity contribution in [3.8, 4) is 11.4 Å². The van der Waals surface area contributed by atoms with Crippen molar-refractivity contribution in [1.82, 2.24) is 24.3 Å². The number of benzene rings is 1. The summed E-state index contributed by atoms with van der Waals surface area (Å²) in [6, 6.07) is 8.74. The standard InChI is InChI=1S/C23H25FN6/c1-14-10-30-13-18(8-20(24)23(30)26-14)22-25-9-17-7-19(5-6-21(17)27-22)29-11-15(2)28(4)16(3)12-29/h5-10,13,15-16H,11-12H2,1-4H3/t15-,16-/m1/s1. The van der Waals surface area contributed by atoms with Crippen molar-refractivity contribution in [1.29, 1.82) is 0 Å². The van der Waals surface area contributed by atoms with Crippen molar-refractivity contribution in [3.05, 3.63) is 54.4 Å². The molecule has 1 aliphatic heterocycles. The molecule has 30 heavy (non-hydrogen) atoms. The van der Waals surface area contributed by atoms with Crippen LogP contribution in [0.15, 0.2) is 42.9 Å². The number of fused-ring (bicyclic) bond motifs is 2. The fourth-order valence-corrected chi connectivity index (χ4v) is 4.27. The normalized spacial score (nSPS) is 20.4. The Bertz CT molecular complexity index is 1240. The highest BCUT2D eigenvalue weighted by Gasteiger charge is 2.26. The fourth-order valence-electron chi connectivity index (χ4n) is 4.27. The zero-order valence-electron chi connectivity index (χ0n) is 17.7. The number of rotatable bonds is 2. The molecule has 0 spiro atoms. The van der Waals surface area contributed by atoms with Crippen LogP contribution in [0.4, 0.5) is 10.1 Å². The molecular formula is C23H25FN6. The molecule has 4 heterocycles. The SMILES string of the molecule is Cc1cn2cc(-c3ncc4cc(N5C[C@@H](C)N(C)[C@H](C)C5)ccc4n3)cc(F)c2n1. The molecule has 4 aromatic rings. The van der Waals surface area contributed by atoms with Crippen molar-refractivity contribution in [2.24, 2.45) is 0 Å². The van der Waals surface area contributed by atoms with Crippen LogP contribution in [0.5, 0.6) is 0 Å². The quantitative estimate of drug-likeness (QED) is 0.507. The highest BCUT2D eigenvalue weighted by Crippen LogP contribution is 2.27. The lowest BCUT2D eigenvalue weighted by Crippen LogP contribution is -2.55. The number of piperazine rings is 1. The third-order valence-electron chi connectivity index (χ3n) is 6.17. The van der Waals surface area contributed by atoms with E-state index in [0.717, 1.165) is 29.7 Å². The summed E-state index contributed by atoms with van der Waals surface area (Å²) in [7, 11) is 2.19. The van der Waals surface area contributed by atoms with Crippen LogP contribution in [0.25, 0.3) is 27.9 Å². The summed E-state index contributed by atoms with van der Waals surface area (Å²) in [5.41, 5.74) is 3.75. The van der Waals surface area contributed by atoms with Gasteiger partial charge in [-0.15, -0.1) is 0 Å². The number of aryl methyl sites for hydroxylation is 1. The maximum absolute atomic E-state index is 14.5. The van der Waals surface area contributed by atoms with E-state index in [9.17, 15) is 4.39 Å². The first-order chi connectivity index (χ1) is 14.4. The van der Waals surface area contributed by atoms with Crippen LogP contribution in [-0.4, -0.2) is 56.5 Å². The van der Waals surface area contributed by atoms with Crippen LogP contribution >= 0.6 is 0 Å². The van der Waals surface area contributed by atoms with E-state index >= 15 is 0 Å². The predicted molar refractivity (Wildman–Crippen MR) is 117 cm³/mol. The lowest BCUT2D eigenvalue weighted by Gasteiger charge is -2.43. The summed E-state index contributed by atoms with van der Waals surface area (Å²) in [6.45, 7) is 8.36. The number of pyridine rings is 1. The van der Waals surface area contributed by atoms with Crippen LogP contribution in [0, 0.1) is 12.7 Å². The Morgan fingerprint density at radius 3 is 2.57 bits per heavy atom. The van der Waals surface area contributed by atoms with Gasteiger partial charge in [-0.05, 0) is 52.1 Å². The maximum atomic E-state index is 14.5. The zero-order valence-corrected chi connectivity index (χ0v) is 17.7. The molecule has 0 amide bonds. The highest BCUT2D eigenvalue weighted by molar-refractivity contribution is 5.83. The average molecular weight is 404 g/mol. The largest absolute Gasteiger partial charge is 0.368 e. The van der Waals surface area contributed by atoms with Gasteiger partial charge < -0.3 is 9.30 Å². The van der Waals surface area contributed by atoms with E-state index in [2.05, 4.69) is 52.8 Å². The molecular weight excluding hydrogens is 379 g/mol. The van der Waals surface area contributed by atoms with Gasteiger partial charge in [0.05, 0.1) is 11.2 Å². The number of nitrogens with zero attached hydrogens (tertiary/aromatic N) is 6. The molecule has 5 rings (SSSR count). The molecule has 0 radical (unpaired) electrons. The Labute approximate surface area is 175 Å². The first kappa shape index (κ1) is 18.9. The van der Waals surface area contributed by atoms with E-state index < -0.39 is 0 Å². The smallest absolute Gasteiger partial charge is 0.173 e. The molecule has 0 unspecified atom stereocenters. The van der Waals surface area contributed by atoms with Gasteiger partial charge in [0.2, 0.25) is 0 Å². The van der Waals surface area contributed by atoms with Crippen LogP contribution in [0.1, 0.15) is 19.5 Å². The molecule has 0 bridgehead atoms. The summed E-state index contributed by atoms with van der Waals surface area (Å²) in [5.74, 6) is 0.127. The van der Waals surface area contributed by atoms with Crippen LogP contribution in [-0.2, 0) is 0 Å². The third kappa shape index (κ3) is 3.19. The van der Waals surface area contributed by atoms with Crippen LogP contribution in [0.2, 0.25) is 0 Å². The molecule has 154 valence electrons. The Morgan fingerprint density at radius 1 is 1.03 bits per heavy atom. The van der Waals surface area contributed by atoms with Crippen molar-refractivity contribution in [2.45, 2.75) is 32.9 Å². The van der Waals surface area contributed by atoms with Gasteiger partial charge in [-0.1, -0.05) is 0 Å². The molecule has 0 saturated carbocycles. The maximum Gasteiger partial charge on any atom is 0.173 e. The predicted octanol–water partition coefficient (Wildman–Crippen LogP) is 3.92. The number of likely N-dealkylation sites (N-methyl/N-ethyl adjacent to an activating group) is 1. The number of hydrogen-bond donors (Lipinski definition) is 0. The van der Waals surface area contributed by atoms with E-state index in [1.807, 2.05) is 25.4 Å². The Morgan fingerprint density at radius 2 is 1.80 bits per heavy atom. The summed E-state index contributed by atoms with van der Waals surface area (Å²) in [4.78, 5) is 18.3. The highest BCUT2D eigenvalue weighted by atomic mass is 19.1. The molecule has 3 aromatic heterocycles. The molecule has 1 aromatic carbocycles. The summed E-state index contributed by atoms with van der Waals surface area (Å²) in [6.07, 6.45) is 5.44. The first-order valence-electron chi connectivity index (χ1n) is 10.3. The lowest BCUT2D eigenvalue weighted by atomic mass is 10.1. The Balaban J connectivity index is 1.49. The van der Waals surface area contributed by atoms with E-state index in [-0.39, 0.29) is 5.82 Å². The van der Waals surface area contributed by atoms with Gasteiger partial charge in [-0.25, -0.2) is 19.3 Å². The van der Waals surface area contributed by atoms with E-state index in [0.29, 0.717) is 29.1 Å². The van der Waals surface area contributed by atoms with Gasteiger partial charge in [-0.2, -0.15) is 0 Å². The lowest BCUT2D eigenvalue weighted by molar-refractivity contribution is 0.170. The molecule has 1 fully saturated rings. The monoisotopic (exact) mass is 404 g/mol. The van der Waals surface area contributed by atoms with Crippen LogP contribution in [0.3, 0.4) is 0 Å². The van der Waals surface area contributed by atoms with Gasteiger partial charge in [0, 0.05) is 60.4 Å². The molecule has 6 nitrogen and oxygen atoms in total. The minimum absolute atomic E-state index is 0.317. The second-order valence-electron chi connectivity index (χ2n) is 8.40. The Hall–Kier alpha value is -3.06. The van der Waals surface area contributed by atoms with Gasteiger partial charge >= 0.3 is 0 Å². The minimum atomic E-state index is -0.377. The van der Waals surface area contributed by atoms with Crippen LogP contribution < -0.4 is 4.90 Å².